The van der Waals surface area contributed by atoms with Crippen LogP contribution in [0, 0.1) is 0 Å². The van der Waals surface area contributed by atoms with E-state index in [4.69, 9.17) is 9.57 Å². The van der Waals surface area contributed by atoms with Gasteiger partial charge in [0.15, 0.2) is 0 Å². The smallest absolute Gasteiger partial charge is 0.324 e. The average molecular weight is 177 g/mol. The molecule has 0 aromatic carbocycles. The maximum absolute atomic E-state index is 10.8. The third-order valence-corrected chi connectivity index (χ3v) is 1.20. The number of esters is 1. The Bertz CT molecular complexity index is 129. The van der Waals surface area contributed by atoms with Gasteiger partial charge in [0.2, 0.25) is 0 Å². The van der Waals surface area contributed by atoms with Crippen molar-refractivity contribution in [3.05, 3.63) is 0 Å². The fraction of sp³-hybridized carbons (Fsp3) is 0.857. The zero-order valence-electron chi connectivity index (χ0n) is 7.62. The molecule has 0 aromatic heterocycles. The lowest BCUT2D eigenvalue weighted by Gasteiger charge is -2.10. The van der Waals surface area contributed by atoms with Crippen LogP contribution in [0.5, 0.6) is 0 Å². The highest BCUT2D eigenvalue weighted by Gasteiger charge is 2.11. The Morgan fingerprint density at radius 3 is 2.58 bits per heavy atom. The topological polar surface area (TPSA) is 56.8 Å². The minimum atomic E-state index is -0.452. The summed E-state index contributed by atoms with van der Waals surface area (Å²) in [5, 5.41) is 0. The normalized spacial score (nSPS) is 12.6. The molecule has 0 saturated heterocycles. The minimum Gasteiger partial charge on any atom is -0.468 e. The highest BCUT2D eigenvalue weighted by atomic mass is 16.7. The second kappa shape index (κ2) is 7.02. The fourth-order valence-corrected chi connectivity index (χ4v) is 0.534. The molecular formula is C7H15NO4. The number of hydroxylamine groups is 1. The highest BCUT2D eigenvalue weighted by Crippen LogP contribution is 1.85. The van der Waals surface area contributed by atoms with Crippen molar-refractivity contribution in [1.82, 2.24) is 5.48 Å². The number of carbonyl (C=O) groups excluding carboxylic acids is 1. The number of ether oxygens (including phenoxy) is 2. The summed E-state index contributed by atoms with van der Waals surface area (Å²) in [6, 6.07) is -0.452. The van der Waals surface area contributed by atoms with Gasteiger partial charge in [-0.25, -0.2) is 0 Å². The van der Waals surface area contributed by atoms with Crippen LogP contribution in [0.1, 0.15) is 6.92 Å². The van der Waals surface area contributed by atoms with Gasteiger partial charge in [0.05, 0.1) is 20.3 Å². The first kappa shape index (κ1) is 11.4. The van der Waals surface area contributed by atoms with Crippen molar-refractivity contribution < 1.29 is 19.1 Å². The Morgan fingerprint density at radius 2 is 2.08 bits per heavy atom. The first-order chi connectivity index (χ1) is 5.72. The van der Waals surface area contributed by atoms with Crippen LogP contribution in [-0.2, 0) is 19.1 Å². The second-order valence-corrected chi connectivity index (χ2v) is 2.20. The lowest BCUT2D eigenvalue weighted by molar-refractivity contribution is -0.147. The molecule has 0 aliphatic heterocycles. The molecule has 0 aliphatic rings. The van der Waals surface area contributed by atoms with E-state index in [0.717, 1.165) is 0 Å². The molecular weight excluding hydrogens is 162 g/mol. The zero-order chi connectivity index (χ0) is 9.40. The fourth-order valence-electron chi connectivity index (χ4n) is 0.534. The third kappa shape index (κ3) is 5.06. The Morgan fingerprint density at radius 1 is 1.42 bits per heavy atom. The van der Waals surface area contributed by atoms with Crippen LogP contribution < -0.4 is 5.48 Å². The molecule has 0 bridgehead atoms. The van der Waals surface area contributed by atoms with E-state index in [2.05, 4.69) is 10.2 Å². The van der Waals surface area contributed by atoms with Crippen LogP contribution >= 0.6 is 0 Å². The van der Waals surface area contributed by atoms with Crippen molar-refractivity contribution in [2.24, 2.45) is 0 Å². The summed E-state index contributed by atoms with van der Waals surface area (Å²) in [6.07, 6.45) is 0. The SMILES string of the molecule is COCCONC(C)C(=O)OC. The van der Waals surface area contributed by atoms with E-state index in [0.29, 0.717) is 13.2 Å². The first-order valence-corrected chi connectivity index (χ1v) is 3.66. The van der Waals surface area contributed by atoms with Gasteiger partial charge in [-0.3, -0.25) is 9.63 Å². The Balaban J connectivity index is 3.31. The summed E-state index contributed by atoms with van der Waals surface area (Å²) >= 11 is 0. The van der Waals surface area contributed by atoms with Gasteiger partial charge in [-0.05, 0) is 6.92 Å². The molecule has 0 rings (SSSR count). The van der Waals surface area contributed by atoms with E-state index < -0.39 is 6.04 Å². The van der Waals surface area contributed by atoms with Gasteiger partial charge >= 0.3 is 5.97 Å². The molecule has 0 aliphatic carbocycles. The van der Waals surface area contributed by atoms with Crippen molar-refractivity contribution in [1.29, 1.82) is 0 Å². The molecule has 12 heavy (non-hydrogen) atoms. The van der Waals surface area contributed by atoms with Gasteiger partial charge in [-0.1, -0.05) is 0 Å². The molecule has 1 atom stereocenters. The van der Waals surface area contributed by atoms with E-state index in [-0.39, 0.29) is 5.97 Å². The number of rotatable bonds is 6. The van der Waals surface area contributed by atoms with E-state index in [1.54, 1.807) is 14.0 Å². The van der Waals surface area contributed by atoms with Crippen molar-refractivity contribution in [3.63, 3.8) is 0 Å². The summed E-state index contributed by atoms with van der Waals surface area (Å²) in [7, 11) is 2.91. The lowest BCUT2D eigenvalue weighted by atomic mass is 10.4. The zero-order valence-corrected chi connectivity index (χ0v) is 7.62. The molecule has 0 radical (unpaired) electrons. The van der Waals surface area contributed by atoms with Crippen LogP contribution in [0.4, 0.5) is 0 Å². The average Bonchev–Trinajstić information content (AvgIpc) is 2.10. The van der Waals surface area contributed by atoms with E-state index >= 15 is 0 Å². The van der Waals surface area contributed by atoms with Crippen LogP contribution in [0.2, 0.25) is 0 Å². The second-order valence-electron chi connectivity index (χ2n) is 2.20. The van der Waals surface area contributed by atoms with E-state index in [1.165, 1.54) is 7.11 Å². The first-order valence-electron chi connectivity index (χ1n) is 3.66. The van der Waals surface area contributed by atoms with Crippen molar-refractivity contribution in [2.45, 2.75) is 13.0 Å². The van der Waals surface area contributed by atoms with Crippen LogP contribution in [-0.4, -0.2) is 39.4 Å². The van der Waals surface area contributed by atoms with Crippen molar-refractivity contribution in [2.75, 3.05) is 27.4 Å². The number of hydrogen-bond acceptors (Lipinski definition) is 5. The molecule has 0 heterocycles. The third-order valence-electron chi connectivity index (χ3n) is 1.20. The van der Waals surface area contributed by atoms with Gasteiger partial charge in [-0.15, -0.1) is 0 Å². The molecule has 0 aromatic rings. The Labute approximate surface area is 71.9 Å². The van der Waals surface area contributed by atoms with Crippen molar-refractivity contribution >= 4 is 5.97 Å². The molecule has 0 amide bonds. The summed E-state index contributed by atoms with van der Waals surface area (Å²) in [6.45, 7) is 2.54. The summed E-state index contributed by atoms with van der Waals surface area (Å²) in [5.41, 5.74) is 2.51. The summed E-state index contributed by atoms with van der Waals surface area (Å²) in [5.74, 6) is -0.354. The lowest BCUT2D eigenvalue weighted by Crippen LogP contribution is -2.35. The molecule has 0 saturated carbocycles. The molecule has 5 heteroatoms. The monoisotopic (exact) mass is 177 g/mol. The molecule has 5 nitrogen and oxygen atoms in total. The predicted molar refractivity (Wildman–Crippen MR) is 42.4 cm³/mol. The molecule has 1 N–H and O–H groups in total. The van der Waals surface area contributed by atoms with Crippen LogP contribution in [0.25, 0.3) is 0 Å². The van der Waals surface area contributed by atoms with Crippen molar-refractivity contribution in [3.8, 4) is 0 Å². The Hall–Kier alpha value is -0.650. The summed E-state index contributed by atoms with van der Waals surface area (Å²) in [4.78, 5) is 15.7. The standard InChI is InChI=1S/C7H15NO4/c1-6(7(9)11-3)8-12-5-4-10-2/h6,8H,4-5H2,1-3H3. The number of methoxy groups -OCH3 is 2. The van der Waals surface area contributed by atoms with Gasteiger partial charge < -0.3 is 9.47 Å². The predicted octanol–water partition coefficient (Wildman–Crippen LogP) is -0.284. The quantitative estimate of drug-likeness (QED) is 0.343. The van der Waals surface area contributed by atoms with Gasteiger partial charge in [-0.2, -0.15) is 5.48 Å². The van der Waals surface area contributed by atoms with Crippen LogP contribution in [0.3, 0.4) is 0 Å². The Kier molecular flexibility index (Phi) is 6.64. The van der Waals surface area contributed by atoms with Gasteiger partial charge in [0, 0.05) is 7.11 Å². The molecule has 72 valence electrons. The van der Waals surface area contributed by atoms with E-state index in [1.807, 2.05) is 0 Å². The van der Waals surface area contributed by atoms with Crippen LogP contribution in [0.15, 0.2) is 0 Å². The minimum absolute atomic E-state index is 0.354. The molecule has 1 unspecified atom stereocenters. The maximum Gasteiger partial charge on any atom is 0.324 e. The largest absolute Gasteiger partial charge is 0.468 e. The molecule has 0 spiro atoms. The van der Waals surface area contributed by atoms with Gasteiger partial charge in [0.1, 0.15) is 6.04 Å². The van der Waals surface area contributed by atoms with Gasteiger partial charge in [0.25, 0.3) is 0 Å². The molecule has 0 fully saturated rings. The number of hydrogen-bond donors (Lipinski definition) is 1. The highest BCUT2D eigenvalue weighted by molar-refractivity contribution is 5.74. The number of carbonyl (C=O) groups is 1. The summed E-state index contributed by atoms with van der Waals surface area (Å²) < 4.78 is 9.19. The maximum atomic E-state index is 10.8. The van der Waals surface area contributed by atoms with E-state index in [9.17, 15) is 4.79 Å². The number of nitrogens with one attached hydrogen (secondary N) is 1.